The molecule has 0 fully saturated rings. The van der Waals surface area contributed by atoms with Gasteiger partial charge in [-0.3, -0.25) is 13.9 Å². The molecule has 0 saturated carbocycles. The Balaban J connectivity index is 1.27. The maximum atomic E-state index is 12.6. The van der Waals surface area contributed by atoms with Gasteiger partial charge in [0.2, 0.25) is 10.0 Å². The maximum Gasteiger partial charge on any atom is 0.271 e. The van der Waals surface area contributed by atoms with E-state index < -0.39 is 15.9 Å². The molecule has 0 spiro atoms. The molecule has 0 saturated heterocycles. The molecule has 2 N–H and O–H groups in total. The Morgan fingerprint density at radius 2 is 1.71 bits per heavy atom. The van der Waals surface area contributed by atoms with Crippen molar-refractivity contribution in [1.29, 1.82) is 0 Å². The van der Waals surface area contributed by atoms with Gasteiger partial charge in [-0.2, -0.15) is 5.10 Å². The van der Waals surface area contributed by atoms with Crippen molar-refractivity contribution in [3.63, 3.8) is 0 Å². The number of ether oxygens (including phenoxy) is 1. The third kappa shape index (κ3) is 8.55. The molecule has 1 heterocycles. The van der Waals surface area contributed by atoms with Crippen LogP contribution in [0.4, 0.5) is 5.69 Å². The molecular weight excluding hydrogens is 556 g/mol. The largest absolute Gasteiger partial charge is 0.484 e. The lowest BCUT2D eigenvalue weighted by molar-refractivity contribution is -0.123. The highest BCUT2D eigenvalue weighted by Gasteiger charge is 2.18. The summed E-state index contributed by atoms with van der Waals surface area (Å²) in [4.78, 5) is 24.5. The van der Waals surface area contributed by atoms with Crippen LogP contribution in [0.3, 0.4) is 0 Å². The maximum absolute atomic E-state index is 12.6. The second-order valence-corrected chi connectivity index (χ2v) is 11.6. The molecule has 3 aromatic carbocycles. The number of nitrogens with zero attached hydrogens (tertiary/aromatic N) is 2. The number of benzene rings is 3. The Morgan fingerprint density at radius 1 is 0.976 bits per heavy atom. The van der Waals surface area contributed by atoms with E-state index in [0.29, 0.717) is 28.3 Å². The second kappa shape index (κ2) is 13.6. The van der Waals surface area contributed by atoms with Gasteiger partial charge in [-0.05, 0) is 96.8 Å². The van der Waals surface area contributed by atoms with Crippen LogP contribution >= 0.6 is 0 Å². The summed E-state index contributed by atoms with van der Waals surface area (Å²) in [5.41, 5.74) is 6.97. The summed E-state index contributed by atoms with van der Waals surface area (Å²) < 4.78 is 37.0. The minimum atomic E-state index is -3.52. The number of carbonyl (C=O) groups is 2. The number of rotatable bonds is 12. The number of aryl methyl sites for hydroxylation is 2. The monoisotopic (exact) mass is 588 g/mol. The van der Waals surface area contributed by atoms with Gasteiger partial charge in [0.1, 0.15) is 11.5 Å². The molecule has 11 heteroatoms. The molecule has 0 aliphatic carbocycles. The summed E-state index contributed by atoms with van der Waals surface area (Å²) in [6, 6.07) is 22.6. The molecule has 0 aliphatic heterocycles. The molecule has 0 aliphatic rings. The van der Waals surface area contributed by atoms with Gasteiger partial charge in [0.05, 0.1) is 37.5 Å². The lowest BCUT2D eigenvalue weighted by Crippen LogP contribution is -2.29. The van der Waals surface area contributed by atoms with Crippen LogP contribution in [0, 0.1) is 13.8 Å². The average molecular weight is 589 g/mol. The Bertz CT molecular complexity index is 1650. The number of furan rings is 1. The predicted molar refractivity (Wildman–Crippen MR) is 161 cm³/mol. The van der Waals surface area contributed by atoms with Crippen LogP contribution in [0.1, 0.15) is 38.4 Å². The van der Waals surface area contributed by atoms with Crippen molar-refractivity contribution in [1.82, 2.24) is 10.7 Å². The van der Waals surface area contributed by atoms with Crippen molar-refractivity contribution in [3.8, 4) is 5.75 Å². The standard InChI is InChI=1S/C31H32N4O6S/c1-22-6-13-27(17-23(22)2)35(42(3,38)39)20-25-7-11-26(12-8-25)31(37)34-33-18-24-9-14-28(15-10-24)41-21-30(36)32-19-29-5-4-16-40-29/h4-18H,19-21H2,1-3H3,(H,32,36)(H,34,37)/b33-18-. The van der Waals surface area contributed by atoms with Crippen LogP contribution in [-0.4, -0.2) is 39.3 Å². The van der Waals surface area contributed by atoms with Crippen LogP contribution in [-0.2, 0) is 27.9 Å². The number of carbonyl (C=O) groups excluding carboxylic acids is 2. The van der Waals surface area contributed by atoms with Gasteiger partial charge in [-0.15, -0.1) is 0 Å². The number of hydrogen-bond donors (Lipinski definition) is 2. The topological polar surface area (TPSA) is 130 Å². The van der Waals surface area contributed by atoms with Crippen molar-refractivity contribution in [2.24, 2.45) is 5.10 Å². The van der Waals surface area contributed by atoms with Crippen molar-refractivity contribution in [2.75, 3.05) is 17.2 Å². The molecule has 0 bridgehead atoms. The van der Waals surface area contributed by atoms with E-state index in [1.165, 1.54) is 23.0 Å². The van der Waals surface area contributed by atoms with Gasteiger partial charge in [-0.1, -0.05) is 18.2 Å². The fourth-order valence-corrected chi connectivity index (χ4v) is 4.77. The smallest absolute Gasteiger partial charge is 0.271 e. The molecule has 0 unspecified atom stereocenters. The zero-order valence-electron chi connectivity index (χ0n) is 23.5. The highest BCUT2D eigenvalue weighted by molar-refractivity contribution is 7.92. The first kappa shape index (κ1) is 30.1. The number of hydrazone groups is 1. The third-order valence-corrected chi connectivity index (χ3v) is 7.53. The van der Waals surface area contributed by atoms with E-state index in [9.17, 15) is 18.0 Å². The lowest BCUT2D eigenvalue weighted by atomic mass is 10.1. The van der Waals surface area contributed by atoms with Gasteiger partial charge in [-0.25, -0.2) is 13.8 Å². The number of sulfonamides is 1. The van der Waals surface area contributed by atoms with E-state index in [1.54, 1.807) is 66.7 Å². The van der Waals surface area contributed by atoms with Crippen molar-refractivity contribution in [2.45, 2.75) is 26.9 Å². The number of hydrogen-bond acceptors (Lipinski definition) is 7. The lowest BCUT2D eigenvalue weighted by Gasteiger charge is -2.23. The zero-order chi connectivity index (χ0) is 30.1. The first-order valence-corrected chi connectivity index (χ1v) is 14.9. The Kier molecular flexibility index (Phi) is 9.77. The third-order valence-electron chi connectivity index (χ3n) is 6.39. The fourth-order valence-electron chi connectivity index (χ4n) is 3.89. The van der Waals surface area contributed by atoms with Crippen LogP contribution in [0.2, 0.25) is 0 Å². The highest BCUT2D eigenvalue weighted by atomic mass is 32.2. The molecule has 4 aromatic rings. The number of nitrogens with one attached hydrogen (secondary N) is 2. The molecule has 4 rings (SSSR count). The summed E-state index contributed by atoms with van der Waals surface area (Å²) in [5, 5.41) is 6.70. The molecular formula is C31H32N4O6S. The molecule has 0 radical (unpaired) electrons. The summed E-state index contributed by atoms with van der Waals surface area (Å²) in [7, 11) is -3.52. The highest BCUT2D eigenvalue weighted by Crippen LogP contribution is 2.23. The molecule has 42 heavy (non-hydrogen) atoms. The Morgan fingerprint density at radius 3 is 2.36 bits per heavy atom. The first-order chi connectivity index (χ1) is 20.1. The fraction of sp³-hybridized carbons (Fsp3) is 0.194. The Labute approximate surface area is 245 Å². The average Bonchev–Trinajstić information content (AvgIpc) is 3.49. The van der Waals surface area contributed by atoms with E-state index >= 15 is 0 Å². The molecule has 2 amide bonds. The van der Waals surface area contributed by atoms with E-state index in [1.807, 2.05) is 26.0 Å². The van der Waals surface area contributed by atoms with Crippen LogP contribution in [0.5, 0.6) is 5.75 Å². The quantitative estimate of drug-likeness (QED) is 0.187. The van der Waals surface area contributed by atoms with E-state index in [-0.39, 0.29) is 25.6 Å². The minimum Gasteiger partial charge on any atom is -0.484 e. The number of anilines is 1. The van der Waals surface area contributed by atoms with E-state index in [2.05, 4.69) is 15.8 Å². The van der Waals surface area contributed by atoms with Gasteiger partial charge in [0, 0.05) is 5.56 Å². The van der Waals surface area contributed by atoms with Gasteiger partial charge in [0.25, 0.3) is 11.8 Å². The SMILES string of the molecule is Cc1ccc(N(Cc2ccc(C(=O)N/N=C\c3ccc(OCC(=O)NCc4ccco4)cc3)cc2)S(C)(=O)=O)cc1C. The summed E-state index contributed by atoms with van der Waals surface area (Å²) >= 11 is 0. The van der Waals surface area contributed by atoms with Crippen LogP contribution in [0.25, 0.3) is 0 Å². The Hall–Kier alpha value is -4.90. The van der Waals surface area contributed by atoms with E-state index in [0.717, 1.165) is 16.7 Å². The predicted octanol–water partition coefficient (Wildman–Crippen LogP) is 4.32. The van der Waals surface area contributed by atoms with Crippen molar-refractivity contribution in [3.05, 3.63) is 119 Å². The first-order valence-electron chi connectivity index (χ1n) is 13.1. The molecule has 218 valence electrons. The van der Waals surface area contributed by atoms with Crippen molar-refractivity contribution < 1.29 is 27.2 Å². The minimum absolute atomic E-state index is 0.136. The summed E-state index contributed by atoms with van der Waals surface area (Å²) in [6.07, 6.45) is 4.20. The molecule has 0 atom stereocenters. The normalized spacial score (nSPS) is 11.3. The number of amides is 2. The van der Waals surface area contributed by atoms with Gasteiger partial charge in [0.15, 0.2) is 6.61 Å². The zero-order valence-corrected chi connectivity index (χ0v) is 24.4. The second-order valence-electron chi connectivity index (χ2n) is 9.65. The van der Waals surface area contributed by atoms with E-state index in [4.69, 9.17) is 9.15 Å². The summed E-state index contributed by atoms with van der Waals surface area (Å²) in [5.74, 6) is 0.478. The van der Waals surface area contributed by atoms with Gasteiger partial charge < -0.3 is 14.5 Å². The van der Waals surface area contributed by atoms with Crippen LogP contribution < -0.4 is 19.8 Å². The molecule has 1 aromatic heterocycles. The van der Waals surface area contributed by atoms with Crippen LogP contribution in [0.15, 0.2) is 94.6 Å². The summed E-state index contributed by atoms with van der Waals surface area (Å²) in [6.45, 7) is 4.19. The molecule has 10 nitrogen and oxygen atoms in total. The van der Waals surface area contributed by atoms with Crippen molar-refractivity contribution >= 4 is 33.7 Å². The van der Waals surface area contributed by atoms with Gasteiger partial charge >= 0.3 is 0 Å².